The van der Waals surface area contributed by atoms with Crippen LogP contribution in [0.3, 0.4) is 0 Å². The third-order valence-corrected chi connectivity index (χ3v) is 2.58. The highest BCUT2D eigenvalue weighted by Crippen LogP contribution is 2.09. The summed E-state index contributed by atoms with van der Waals surface area (Å²) in [6, 6.07) is 4.92. The summed E-state index contributed by atoms with van der Waals surface area (Å²) in [5, 5.41) is 9.20. The van der Waals surface area contributed by atoms with Gasteiger partial charge in [0.05, 0.1) is 6.04 Å². The Morgan fingerprint density at radius 3 is 3.00 bits per heavy atom. The zero-order valence-electron chi connectivity index (χ0n) is 9.01. The Labute approximate surface area is 106 Å². The first-order valence-corrected chi connectivity index (χ1v) is 5.75. The Morgan fingerprint density at radius 2 is 2.35 bits per heavy atom. The quantitative estimate of drug-likeness (QED) is 0.840. The predicted molar refractivity (Wildman–Crippen MR) is 64.2 cm³/mol. The Bertz CT molecular complexity index is 513. The fraction of sp³-hybridized carbons (Fsp3) is 0.200. The van der Waals surface area contributed by atoms with Gasteiger partial charge < -0.3 is 5.32 Å². The molecule has 2 aromatic rings. The van der Waals surface area contributed by atoms with Crippen LogP contribution in [0.2, 0.25) is 0 Å². The maximum Gasteiger partial charge on any atom is 0.270 e. The number of nitrogens with zero attached hydrogens (tertiary/aromatic N) is 3. The molecule has 0 bridgehead atoms. The van der Waals surface area contributed by atoms with Gasteiger partial charge in [-0.1, -0.05) is 6.07 Å². The first-order chi connectivity index (χ1) is 8.16. The summed E-state index contributed by atoms with van der Waals surface area (Å²) in [5.41, 5.74) is 0.353. The van der Waals surface area contributed by atoms with Gasteiger partial charge in [-0.15, -0.1) is 0 Å². The number of carbonyl (C=O) groups is 1. The first kappa shape index (κ1) is 11.7. The summed E-state index contributed by atoms with van der Waals surface area (Å²) in [4.78, 5) is 19.9. The monoisotopic (exact) mass is 295 g/mol. The average Bonchev–Trinajstić information content (AvgIpc) is 2.82. The topological polar surface area (TPSA) is 83.6 Å². The van der Waals surface area contributed by atoms with Crippen LogP contribution in [0.1, 0.15) is 29.3 Å². The molecular weight excluding hydrogens is 286 g/mol. The van der Waals surface area contributed by atoms with Gasteiger partial charge in [-0.3, -0.25) is 9.89 Å². The summed E-state index contributed by atoms with van der Waals surface area (Å²) in [7, 11) is 0. The molecule has 2 aromatic heterocycles. The molecule has 0 aliphatic carbocycles. The summed E-state index contributed by atoms with van der Waals surface area (Å²) in [6.07, 6.45) is 1.40. The number of halogens is 1. The van der Waals surface area contributed by atoms with Crippen LogP contribution >= 0.6 is 15.9 Å². The number of nitrogens with one attached hydrogen (secondary N) is 2. The molecule has 1 atom stereocenters. The second-order valence-corrected chi connectivity index (χ2v) is 4.22. The number of aromatic nitrogens is 4. The van der Waals surface area contributed by atoms with Crippen molar-refractivity contribution >= 4 is 21.8 Å². The molecule has 0 radical (unpaired) electrons. The molecule has 0 fully saturated rings. The van der Waals surface area contributed by atoms with Crippen LogP contribution in [0.5, 0.6) is 0 Å². The minimum atomic E-state index is -0.254. The van der Waals surface area contributed by atoms with Gasteiger partial charge in [0.15, 0.2) is 0 Å². The Kier molecular flexibility index (Phi) is 3.48. The number of hydrogen-bond acceptors (Lipinski definition) is 4. The van der Waals surface area contributed by atoms with E-state index in [-0.39, 0.29) is 11.9 Å². The van der Waals surface area contributed by atoms with Crippen molar-refractivity contribution in [2.24, 2.45) is 0 Å². The van der Waals surface area contributed by atoms with Crippen molar-refractivity contribution in [2.75, 3.05) is 0 Å². The van der Waals surface area contributed by atoms with Crippen LogP contribution in [0.4, 0.5) is 0 Å². The largest absolute Gasteiger partial charge is 0.341 e. The van der Waals surface area contributed by atoms with Gasteiger partial charge in [0.25, 0.3) is 5.91 Å². The molecule has 0 aliphatic rings. The van der Waals surface area contributed by atoms with Crippen molar-refractivity contribution in [3.63, 3.8) is 0 Å². The van der Waals surface area contributed by atoms with E-state index in [4.69, 9.17) is 0 Å². The number of carbonyl (C=O) groups excluding carboxylic acids is 1. The number of H-pyrrole nitrogens is 1. The lowest BCUT2D eigenvalue weighted by molar-refractivity contribution is 0.0933. The molecule has 0 saturated heterocycles. The fourth-order valence-electron chi connectivity index (χ4n) is 1.30. The van der Waals surface area contributed by atoms with Crippen LogP contribution in [-0.4, -0.2) is 26.1 Å². The lowest BCUT2D eigenvalue weighted by Crippen LogP contribution is -2.28. The molecule has 2 rings (SSSR count). The van der Waals surface area contributed by atoms with Crippen molar-refractivity contribution in [1.29, 1.82) is 0 Å². The van der Waals surface area contributed by atoms with Gasteiger partial charge in [-0.25, -0.2) is 9.97 Å². The van der Waals surface area contributed by atoms with Crippen molar-refractivity contribution in [1.82, 2.24) is 25.5 Å². The molecule has 88 valence electrons. The minimum Gasteiger partial charge on any atom is -0.341 e. The Hall–Kier alpha value is -1.76. The van der Waals surface area contributed by atoms with E-state index in [1.165, 1.54) is 6.33 Å². The third kappa shape index (κ3) is 2.88. The molecule has 0 aliphatic heterocycles. The predicted octanol–water partition coefficient (Wildman–Crippen LogP) is 1.45. The Balaban J connectivity index is 2.07. The molecule has 17 heavy (non-hydrogen) atoms. The molecule has 1 amide bonds. The van der Waals surface area contributed by atoms with E-state index >= 15 is 0 Å². The Morgan fingerprint density at radius 1 is 1.53 bits per heavy atom. The van der Waals surface area contributed by atoms with E-state index < -0.39 is 0 Å². The van der Waals surface area contributed by atoms with E-state index in [2.05, 4.69) is 41.4 Å². The second-order valence-electron chi connectivity index (χ2n) is 3.41. The van der Waals surface area contributed by atoms with Gasteiger partial charge in [-0.05, 0) is 35.0 Å². The van der Waals surface area contributed by atoms with Gasteiger partial charge in [0, 0.05) is 0 Å². The van der Waals surface area contributed by atoms with E-state index in [1.54, 1.807) is 18.2 Å². The highest BCUT2D eigenvalue weighted by molar-refractivity contribution is 9.10. The van der Waals surface area contributed by atoms with Crippen LogP contribution in [-0.2, 0) is 0 Å². The molecule has 6 nitrogen and oxygen atoms in total. The zero-order chi connectivity index (χ0) is 12.3. The lowest BCUT2D eigenvalue weighted by Gasteiger charge is -2.10. The average molecular weight is 296 g/mol. The van der Waals surface area contributed by atoms with Crippen LogP contribution in [0.15, 0.2) is 29.1 Å². The minimum absolute atomic E-state index is 0.245. The number of amides is 1. The normalized spacial score (nSPS) is 12.1. The number of hydrogen-bond donors (Lipinski definition) is 2. The van der Waals surface area contributed by atoms with Crippen molar-refractivity contribution in [3.8, 4) is 0 Å². The molecule has 0 saturated carbocycles. The molecule has 2 heterocycles. The second kappa shape index (κ2) is 5.05. The van der Waals surface area contributed by atoms with Crippen molar-refractivity contribution < 1.29 is 4.79 Å². The van der Waals surface area contributed by atoms with E-state index in [9.17, 15) is 4.79 Å². The molecule has 1 unspecified atom stereocenters. The molecule has 0 aromatic carbocycles. The third-order valence-electron chi connectivity index (χ3n) is 2.14. The molecule has 7 heteroatoms. The van der Waals surface area contributed by atoms with Crippen LogP contribution < -0.4 is 5.32 Å². The van der Waals surface area contributed by atoms with E-state index in [1.807, 2.05) is 6.92 Å². The maximum atomic E-state index is 11.8. The van der Waals surface area contributed by atoms with E-state index in [0.29, 0.717) is 16.1 Å². The zero-order valence-corrected chi connectivity index (χ0v) is 10.6. The number of pyridine rings is 1. The smallest absolute Gasteiger partial charge is 0.270 e. The SMILES string of the molecule is CC(NC(=O)c1cccc(Br)n1)c1ncn[nH]1. The van der Waals surface area contributed by atoms with Gasteiger partial charge in [0.2, 0.25) is 0 Å². The van der Waals surface area contributed by atoms with Gasteiger partial charge in [0.1, 0.15) is 22.4 Å². The van der Waals surface area contributed by atoms with Gasteiger partial charge in [-0.2, -0.15) is 5.10 Å². The summed E-state index contributed by atoms with van der Waals surface area (Å²) in [6.45, 7) is 1.82. The molecule has 0 spiro atoms. The summed E-state index contributed by atoms with van der Waals surface area (Å²) in [5.74, 6) is 0.351. The number of rotatable bonds is 3. The van der Waals surface area contributed by atoms with Crippen LogP contribution in [0.25, 0.3) is 0 Å². The maximum absolute atomic E-state index is 11.8. The lowest BCUT2D eigenvalue weighted by atomic mass is 10.3. The summed E-state index contributed by atoms with van der Waals surface area (Å²) < 4.78 is 0.623. The highest BCUT2D eigenvalue weighted by Gasteiger charge is 2.14. The molecular formula is C10H10BrN5O. The van der Waals surface area contributed by atoms with Crippen LogP contribution in [0, 0.1) is 0 Å². The van der Waals surface area contributed by atoms with E-state index in [0.717, 1.165) is 0 Å². The fourth-order valence-corrected chi connectivity index (χ4v) is 1.64. The number of aromatic amines is 1. The summed E-state index contributed by atoms with van der Waals surface area (Å²) >= 11 is 3.22. The molecule has 2 N–H and O–H groups in total. The van der Waals surface area contributed by atoms with Crippen molar-refractivity contribution in [3.05, 3.63) is 40.6 Å². The first-order valence-electron chi connectivity index (χ1n) is 4.95. The van der Waals surface area contributed by atoms with Crippen molar-refractivity contribution in [2.45, 2.75) is 13.0 Å². The van der Waals surface area contributed by atoms with Gasteiger partial charge >= 0.3 is 0 Å². The standard InChI is InChI=1S/C10H10BrN5O/c1-6(9-12-5-13-16-9)14-10(17)7-3-2-4-8(11)15-7/h2-6H,1H3,(H,14,17)(H,12,13,16). The highest BCUT2D eigenvalue weighted by atomic mass is 79.9.